The monoisotopic (exact) mass is 534 g/mol. The maximum Gasteiger partial charge on any atom is 0.325 e. The average Bonchev–Trinajstić information content (AvgIpc) is 3.15. The fraction of sp³-hybridized carbons (Fsp3) is 0.207. The molecule has 4 rings (SSSR count). The van der Waals surface area contributed by atoms with Crippen molar-refractivity contribution >= 4 is 41.0 Å². The summed E-state index contributed by atoms with van der Waals surface area (Å²) in [6.45, 7) is 1.98. The number of nitrogens with zero attached hydrogens (tertiary/aromatic N) is 2. The van der Waals surface area contributed by atoms with Crippen LogP contribution in [0.4, 0.5) is 10.1 Å². The van der Waals surface area contributed by atoms with Gasteiger partial charge < -0.3 is 19.1 Å². The second kappa shape index (κ2) is 11.9. The highest BCUT2D eigenvalue weighted by atomic mass is 32.1. The third-order valence-corrected chi connectivity index (χ3v) is 6.43. The Bertz CT molecular complexity index is 1390. The van der Waals surface area contributed by atoms with Gasteiger partial charge in [0.05, 0.1) is 19.9 Å². The van der Waals surface area contributed by atoms with E-state index < -0.39 is 5.97 Å². The minimum Gasteiger partial charge on any atom is -0.493 e. The van der Waals surface area contributed by atoms with Crippen LogP contribution < -0.4 is 14.4 Å². The fourth-order valence-corrected chi connectivity index (χ4v) is 4.33. The van der Waals surface area contributed by atoms with E-state index in [0.717, 1.165) is 12.0 Å². The highest BCUT2D eigenvalue weighted by molar-refractivity contribution is 7.80. The molecule has 0 unspecified atom stereocenters. The van der Waals surface area contributed by atoms with Crippen LogP contribution in [0, 0.1) is 5.82 Å². The second-order valence-corrected chi connectivity index (χ2v) is 8.83. The summed E-state index contributed by atoms with van der Waals surface area (Å²) in [6, 6.07) is 18.8. The molecular formula is C29H27FN2O5S. The van der Waals surface area contributed by atoms with Crippen LogP contribution in [-0.4, -0.2) is 42.7 Å². The van der Waals surface area contributed by atoms with E-state index in [1.807, 2.05) is 31.2 Å². The van der Waals surface area contributed by atoms with Gasteiger partial charge in [-0.15, -0.1) is 0 Å². The normalized spacial score (nSPS) is 14.3. The van der Waals surface area contributed by atoms with Crippen molar-refractivity contribution in [1.29, 1.82) is 0 Å². The lowest BCUT2D eigenvalue weighted by Crippen LogP contribution is -2.35. The zero-order valence-corrected chi connectivity index (χ0v) is 22.1. The van der Waals surface area contributed by atoms with Crippen molar-refractivity contribution in [2.24, 2.45) is 0 Å². The molecular weight excluding hydrogens is 507 g/mol. The second-order valence-electron chi connectivity index (χ2n) is 8.46. The Morgan fingerprint density at radius 2 is 1.76 bits per heavy atom. The van der Waals surface area contributed by atoms with Gasteiger partial charge in [-0.2, -0.15) is 0 Å². The Labute approximate surface area is 226 Å². The van der Waals surface area contributed by atoms with E-state index in [4.69, 9.17) is 26.4 Å². The lowest BCUT2D eigenvalue weighted by Gasteiger charge is -2.19. The Balaban J connectivity index is 1.64. The van der Waals surface area contributed by atoms with Crippen molar-refractivity contribution in [2.45, 2.75) is 20.0 Å². The Morgan fingerprint density at radius 3 is 2.42 bits per heavy atom. The van der Waals surface area contributed by atoms with Crippen molar-refractivity contribution in [1.82, 2.24) is 4.90 Å². The number of halogens is 1. The molecule has 1 amide bonds. The molecule has 9 heteroatoms. The van der Waals surface area contributed by atoms with Crippen molar-refractivity contribution < 1.29 is 28.2 Å². The van der Waals surface area contributed by atoms with Gasteiger partial charge in [-0.1, -0.05) is 37.3 Å². The minimum atomic E-state index is -0.534. The number of anilines is 1. The predicted molar refractivity (Wildman–Crippen MR) is 146 cm³/mol. The molecule has 3 aromatic carbocycles. The third kappa shape index (κ3) is 5.84. The van der Waals surface area contributed by atoms with Gasteiger partial charge in [0.2, 0.25) is 0 Å². The molecule has 196 valence electrons. The molecule has 3 aromatic rings. The van der Waals surface area contributed by atoms with E-state index in [9.17, 15) is 14.0 Å². The largest absolute Gasteiger partial charge is 0.493 e. The summed E-state index contributed by atoms with van der Waals surface area (Å²) in [5.41, 5.74) is 3.25. The first kappa shape index (κ1) is 26.8. The molecule has 0 N–H and O–H groups in total. The van der Waals surface area contributed by atoms with Gasteiger partial charge in [-0.05, 0) is 77.8 Å². The van der Waals surface area contributed by atoms with E-state index in [-0.39, 0.29) is 35.7 Å². The summed E-state index contributed by atoms with van der Waals surface area (Å²) < 4.78 is 29.6. The van der Waals surface area contributed by atoms with E-state index in [1.165, 1.54) is 36.2 Å². The van der Waals surface area contributed by atoms with Crippen LogP contribution >= 0.6 is 12.2 Å². The van der Waals surface area contributed by atoms with Crippen LogP contribution in [0.15, 0.2) is 72.4 Å². The van der Waals surface area contributed by atoms with Gasteiger partial charge in [-0.25, -0.2) is 4.39 Å². The van der Waals surface area contributed by atoms with Crippen LogP contribution in [0.3, 0.4) is 0 Å². The third-order valence-electron chi connectivity index (χ3n) is 6.03. The zero-order valence-electron chi connectivity index (χ0n) is 21.3. The molecule has 0 saturated carbocycles. The maximum absolute atomic E-state index is 13.6. The number of aryl methyl sites for hydroxylation is 1. The minimum absolute atomic E-state index is 0.153. The molecule has 1 aliphatic heterocycles. The highest BCUT2D eigenvalue weighted by Gasteiger charge is 2.40. The first-order valence-electron chi connectivity index (χ1n) is 11.9. The summed E-state index contributed by atoms with van der Waals surface area (Å²) in [5, 5.41) is 0.179. The predicted octanol–water partition coefficient (Wildman–Crippen LogP) is 5.12. The lowest BCUT2D eigenvalue weighted by atomic mass is 10.1. The zero-order chi connectivity index (χ0) is 27.2. The van der Waals surface area contributed by atoms with Crippen molar-refractivity contribution in [3.8, 4) is 11.5 Å². The molecule has 0 aliphatic carbocycles. The molecule has 0 spiro atoms. The Kier molecular flexibility index (Phi) is 8.38. The topological polar surface area (TPSA) is 68.3 Å². The molecule has 0 bridgehead atoms. The van der Waals surface area contributed by atoms with Crippen molar-refractivity contribution in [3.05, 3.63) is 94.9 Å². The van der Waals surface area contributed by atoms with E-state index in [0.29, 0.717) is 28.3 Å². The standard InChI is InChI=1S/C29H27FN2O5S/c1-4-19-8-11-23(12-9-19)32-28(34)24(31(29(32)38)17-27(33)36-3)15-20-10-13-25(26(16-20)35-2)37-18-21-6-5-7-22(30)14-21/h5-16H,4,17-18H2,1-3H3/b24-15-. The number of rotatable bonds is 9. The summed E-state index contributed by atoms with van der Waals surface area (Å²) in [5.74, 6) is -0.362. The average molecular weight is 535 g/mol. The maximum atomic E-state index is 13.6. The molecule has 0 atom stereocenters. The number of carbonyl (C=O) groups excluding carboxylic acids is 2. The van der Waals surface area contributed by atoms with Crippen molar-refractivity contribution in [2.75, 3.05) is 25.7 Å². The number of ether oxygens (including phenoxy) is 3. The van der Waals surface area contributed by atoms with Gasteiger partial charge >= 0.3 is 5.97 Å². The van der Waals surface area contributed by atoms with Crippen LogP contribution in [-0.2, 0) is 27.4 Å². The summed E-state index contributed by atoms with van der Waals surface area (Å²) in [4.78, 5) is 28.6. The smallest absolute Gasteiger partial charge is 0.325 e. The number of esters is 1. The molecule has 1 fully saturated rings. The SMILES string of the molecule is CCc1ccc(N2C(=O)/C(=C/c3ccc(OCc4cccc(F)c4)c(OC)c3)N(CC(=O)OC)C2=S)cc1. The number of methoxy groups -OCH3 is 2. The first-order valence-corrected chi connectivity index (χ1v) is 12.3. The number of carbonyl (C=O) groups is 2. The fourth-order valence-electron chi connectivity index (χ4n) is 3.97. The van der Waals surface area contributed by atoms with E-state index in [2.05, 4.69) is 0 Å². The van der Waals surface area contributed by atoms with E-state index >= 15 is 0 Å². The summed E-state index contributed by atoms with van der Waals surface area (Å²) in [6.07, 6.45) is 2.50. The molecule has 7 nitrogen and oxygen atoms in total. The van der Waals surface area contributed by atoms with E-state index in [1.54, 1.807) is 36.4 Å². The van der Waals surface area contributed by atoms with Crippen LogP contribution in [0.2, 0.25) is 0 Å². The highest BCUT2D eigenvalue weighted by Crippen LogP contribution is 2.33. The van der Waals surface area contributed by atoms with Gasteiger partial charge in [0.1, 0.15) is 24.7 Å². The first-order chi connectivity index (χ1) is 18.3. The molecule has 0 aromatic heterocycles. The Morgan fingerprint density at radius 1 is 1.00 bits per heavy atom. The molecule has 1 heterocycles. The van der Waals surface area contributed by atoms with Crippen LogP contribution in [0.5, 0.6) is 11.5 Å². The quantitative estimate of drug-likeness (QED) is 0.214. The number of hydrogen-bond acceptors (Lipinski definition) is 6. The number of benzene rings is 3. The van der Waals surface area contributed by atoms with Crippen molar-refractivity contribution in [3.63, 3.8) is 0 Å². The van der Waals surface area contributed by atoms with Gasteiger partial charge in [0, 0.05) is 0 Å². The summed E-state index contributed by atoms with van der Waals surface area (Å²) >= 11 is 5.61. The van der Waals surface area contributed by atoms with Gasteiger partial charge in [-0.3, -0.25) is 14.5 Å². The molecule has 38 heavy (non-hydrogen) atoms. The van der Waals surface area contributed by atoms with Gasteiger partial charge in [0.25, 0.3) is 5.91 Å². The molecule has 0 radical (unpaired) electrons. The van der Waals surface area contributed by atoms with Gasteiger partial charge in [0.15, 0.2) is 16.6 Å². The lowest BCUT2D eigenvalue weighted by molar-refractivity contribution is -0.140. The molecule has 1 aliphatic rings. The Hall–Kier alpha value is -4.24. The van der Waals surface area contributed by atoms with Crippen LogP contribution in [0.1, 0.15) is 23.6 Å². The number of amides is 1. The number of hydrogen-bond donors (Lipinski definition) is 0. The van der Waals surface area contributed by atoms with Crippen LogP contribution in [0.25, 0.3) is 6.08 Å². The number of thiocarbonyl (C=S) groups is 1. The summed E-state index contributed by atoms with van der Waals surface area (Å²) in [7, 11) is 2.78. The molecule has 1 saturated heterocycles.